The van der Waals surface area contributed by atoms with Gasteiger partial charge in [0.25, 0.3) is 0 Å². The lowest BCUT2D eigenvalue weighted by Gasteiger charge is -2.32. The molecule has 1 aromatic rings. The molecule has 6 heteroatoms. The van der Waals surface area contributed by atoms with Crippen molar-refractivity contribution < 1.29 is 18.0 Å². The van der Waals surface area contributed by atoms with Crippen LogP contribution in [-0.4, -0.2) is 30.4 Å². The molecule has 1 aliphatic heterocycles. The van der Waals surface area contributed by atoms with Crippen molar-refractivity contribution >= 4 is 23.7 Å². The summed E-state index contributed by atoms with van der Waals surface area (Å²) in [5.74, 6) is 0.901. The maximum absolute atomic E-state index is 12.9. The minimum Gasteiger partial charge on any atom is -0.370 e. The fourth-order valence-electron chi connectivity index (χ4n) is 2.14. The maximum atomic E-state index is 12.9. The molecular formula is C13H14F3NOS. The van der Waals surface area contributed by atoms with Crippen molar-refractivity contribution in [2.75, 3.05) is 23.7 Å². The Hall–Kier alpha value is -1.17. The number of alkyl halides is 3. The quantitative estimate of drug-likeness (QED) is 0.778. The number of rotatable bonds is 2. The van der Waals surface area contributed by atoms with Crippen molar-refractivity contribution in [1.29, 1.82) is 0 Å². The molecule has 19 heavy (non-hydrogen) atoms. The van der Waals surface area contributed by atoms with Crippen molar-refractivity contribution in [2.45, 2.75) is 18.3 Å². The molecule has 1 fully saturated rings. The van der Waals surface area contributed by atoms with Gasteiger partial charge in [-0.15, -0.1) is 0 Å². The Kier molecular flexibility index (Phi) is 4.08. The van der Waals surface area contributed by atoms with Gasteiger partial charge in [-0.2, -0.15) is 24.9 Å². The zero-order valence-electron chi connectivity index (χ0n) is 10.4. The number of anilines is 1. The van der Waals surface area contributed by atoms with E-state index in [-0.39, 0.29) is 11.8 Å². The van der Waals surface area contributed by atoms with E-state index in [0.29, 0.717) is 10.9 Å². The average Bonchev–Trinajstić information content (AvgIpc) is 2.37. The van der Waals surface area contributed by atoms with Gasteiger partial charge in [-0.3, -0.25) is 4.79 Å². The first-order valence-electron chi connectivity index (χ1n) is 5.95. The molecule has 2 rings (SSSR count). The molecule has 1 atom stereocenters. The largest absolute Gasteiger partial charge is 0.417 e. The first-order chi connectivity index (χ1) is 8.91. The number of carbonyl (C=O) groups excluding carboxylic acids is 1. The van der Waals surface area contributed by atoms with Crippen LogP contribution in [0.25, 0.3) is 0 Å². The number of benzene rings is 1. The van der Waals surface area contributed by atoms with Crippen LogP contribution in [-0.2, 0) is 6.18 Å². The van der Waals surface area contributed by atoms with E-state index in [4.69, 9.17) is 0 Å². The van der Waals surface area contributed by atoms with Gasteiger partial charge in [0, 0.05) is 35.3 Å². The highest BCUT2D eigenvalue weighted by Gasteiger charge is 2.34. The lowest BCUT2D eigenvalue weighted by atomic mass is 10.1. The molecule has 0 radical (unpaired) electrons. The van der Waals surface area contributed by atoms with E-state index in [1.54, 1.807) is 6.07 Å². The SMILES string of the molecule is CC1CN(c2ccc(C=O)c(C(F)(F)F)c2)CCS1. The number of nitrogens with zero attached hydrogens (tertiary/aromatic N) is 1. The summed E-state index contributed by atoms with van der Waals surface area (Å²) in [7, 11) is 0. The molecule has 0 saturated carbocycles. The van der Waals surface area contributed by atoms with Crippen LogP contribution in [0.15, 0.2) is 18.2 Å². The van der Waals surface area contributed by atoms with Crippen molar-refractivity contribution in [2.24, 2.45) is 0 Å². The zero-order valence-corrected chi connectivity index (χ0v) is 11.2. The van der Waals surface area contributed by atoms with Gasteiger partial charge in [-0.25, -0.2) is 0 Å². The molecular weight excluding hydrogens is 275 g/mol. The summed E-state index contributed by atoms with van der Waals surface area (Å²) in [4.78, 5) is 12.6. The molecule has 0 spiro atoms. The van der Waals surface area contributed by atoms with Crippen molar-refractivity contribution in [1.82, 2.24) is 0 Å². The van der Waals surface area contributed by atoms with E-state index >= 15 is 0 Å². The van der Waals surface area contributed by atoms with Crippen molar-refractivity contribution in [3.05, 3.63) is 29.3 Å². The zero-order chi connectivity index (χ0) is 14.0. The molecule has 0 amide bonds. The van der Waals surface area contributed by atoms with Gasteiger partial charge in [0.2, 0.25) is 0 Å². The average molecular weight is 289 g/mol. The predicted molar refractivity (Wildman–Crippen MR) is 71.0 cm³/mol. The summed E-state index contributed by atoms with van der Waals surface area (Å²) in [6, 6.07) is 3.91. The molecule has 2 nitrogen and oxygen atoms in total. The van der Waals surface area contributed by atoms with E-state index in [1.165, 1.54) is 6.07 Å². The minimum atomic E-state index is -4.50. The molecule has 0 N–H and O–H groups in total. The molecule has 0 aliphatic carbocycles. The maximum Gasteiger partial charge on any atom is 0.417 e. The molecule has 1 heterocycles. The highest BCUT2D eigenvalue weighted by molar-refractivity contribution is 8.00. The second kappa shape index (κ2) is 5.45. The van der Waals surface area contributed by atoms with Gasteiger partial charge in [-0.05, 0) is 18.2 Å². The van der Waals surface area contributed by atoms with E-state index < -0.39 is 11.7 Å². The summed E-state index contributed by atoms with van der Waals surface area (Å²) < 4.78 is 38.6. The van der Waals surface area contributed by atoms with Crippen LogP contribution in [0.2, 0.25) is 0 Å². The van der Waals surface area contributed by atoms with Gasteiger partial charge >= 0.3 is 6.18 Å². The van der Waals surface area contributed by atoms with Crippen LogP contribution in [0.4, 0.5) is 18.9 Å². The van der Waals surface area contributed by atoms with Crippen LogP contribution >= 0.6 is 11.8 Å². The summed E-state index contributed by atoms with van der Waals surface area (Å²) in [6.45, 7) is 3.51. The van der Waals surface area contributed by atoms with E-state index in [0.717, 1.165) is 24.9 Å². The van der Waals surface area contributed by atoms with Gasteiger partial charge in [0.1, 0.15) is 0 Å². The summed E-state index contributed by atoms with van der Waals surface area (Å²) in [5, 5.41) is 0.397. The van der Waals surface area contributed by atoms with E-state index in [9.17, 15) is 18.0 Å². The van der Waals surface area contributed by atoms with E-state index in [2.05, 4.69) is 6.92 Å². The van der Waals surface area contributed by atoms with Crippen LogP contribution < -0.4 is 4.90 Å². The minimum absolute atomic E-state index is 0.251. The Labute approximate surface area is 114 Å². The summed E-state index contributed by atoms with van der Waals surface area (Å²) in [5.41, 5.74) is -0.633. The van der Waals surface area contributed by atoms with Crippen molar-refractivity contribution in [3.8, 4) is 0 Å². The second-order valence-corrected chi connectivity index (χ2v) is 6.06. The predicted octanol–water partition coefficient (Wildman–Crippen LogP) is 3.46. The smallest absolute Gasteiger partial charge is 0.370 e. The second-order valence-electron chi connectivity index (χ2n) is 4.51. The normalized spacial score (nSPS) is 20.4. The van der Waals surface area contributed by atoms with Gasteiger partial charge < -0.3 is 4.90 Å². The number of thioether (sulfide) groups is 1. The van der Waals surface area contributed by atoms with Crippen LogP contribution in [0, 0.1) is 0 Å². The van der Waals surface area contributed by atoms with Gasteiger partial charge in [0.05, 0.1) is 5.56 Å². The highest BCUT2D eigenvalue weighted by atomic mass is 32.2. The van der Waals surface area contributed by atoms with Crippen molar-refractivity contribution in [3.63, 3.8) is 0 Å². The Balaban J connectivity index is 2.35. The standard InChI is InChI=1S/C13H14F3NOS/c1-9-7-17(4-5-19-9)11-3-2-10(8-18)12(6-11)13(14,15)16/h2-3,6,8-9H,4-5,7H2,1H3. The number of aldehydes is 1. The summed E-state index contributed by atoms with van der Waals surface area (Å²) >= 11 is 1.81. The van der Waals surface area contributed by atoms with Crippen LogP contribution in [0.3, 0.4) is 0 Å². The fourth-order valence-corrected chi connectivity index (χ4v) is 3.16. The first kappa shape index (κ1) is 14.2. The topological polar surface area (TPSA) is 20.3 Å². The molecule has 0 bridgehead atoms. The molecule has 1 aliphatic rings. The fraction of sp³-hybridized carbons (Fsp3) is 0.462. The molecule has 0 aromatic heterocycles. The Bertz CT molecular complexity index is 475. The molecule has 1 aromatic carbocycles. The highest BCUT2D eigenvalue weighted by Crippen LogP contribution is 2.35. The van der Waals surface area contributed by atoms with Crippen LogP contribution in [0.5, 0.6) is 0 Å². The van der Waals surface area contributed by atoms with Crippen LogP contribution in [0.1, 0.15) is 22.8 Å². The Morgan fingerprint density at radius 1 is 1.42 bits per heavy atom. The lowest BCUT2D eigenvalue weighted by molar-refractivity contribution is -0.137. The molecule has 104 valence electrons. The number of hydrogen-bond acceptors (Lipinski definition) is 3. The number of hydrogen-bond donors (Lipinski definition) is 0. The first-order valence-corrected chi connectivity index (χ1v) is 6.99. The van der Waals surface area contributed by atoms with E-state index in [1.807, 2.05) is 16.7 Å². The molecule has 1 saturated heterocycles. The third-order valence-corrected chi connectivity index (χ3v) is 4.21. The third kappa shape index (κ3) is 3.23. The Morgan fingerprint density at radius 3 is 2.74 bits per heavy atom. The van der Waals surface area contributed by atoms with Gasteiger partial charge in [0.15, 0.2) is 6.29 Å². The summed E-state index contributed by atoms with van der Waals surface area (Å²) in [6.07, 6.45) is -4.25. The third-order valence-electron chi connectivity index (χ3n) is 3.08. The Morgan fingerprint density at radius 2 is 2.16 bits per heavy atom. The molecule has 1 unspecified atom stereocenters. The van der Waals surface area contributed by atoms with Gasteiger partial charge in [-0.1, -0.05) is 6.92 Å². The number of carbonyl (C=O) groups is 1. The lowest BCUT2D eigenvalue weighted by Crippen LogP contribution is -2.36. The number of halogens is 3. The monoisotopic (exact) mass is 289 g/mol.